The Hall–Kier alpha value is -1.78. The summed E-state index contributed by atoms with van der Waals surface area (Å²) in [4.78, 5) is 12.9. The third-order valence-corrected chi connectivity index (χ3v) is 5.64. The molecule has 24 heavy (non-hydrogen) atoms. The number of fused-ring (bicyclic) bond motifs is 1. The molecule has 0 fully saturated rings. The minimum Gasteiger partial charge on any atom is -0.396 e. The van der Waals surface area contributed by atoms with Gasteiger partial charge in [0, 0.05) is 6.61 Å². The zero-order chi connectivity index (χ0) is 16.8. The molecule has 3 nitrogen and oxygen atoms in total. The first-order valence-corrected chi connectivity index (χ1v) is 9.50. The summed E-state index contributed by atoms with van der Waals surface area (Å²) in [6.45, 7) is 0.139. The van der Waals surface area contributed by atoms with Crippen LogP contribution in [0, 0.1) is 0 Å². The smallest absolute Gasteiger partial charge is 0.238 e. The first kappa shape index (κ1) is 17.1. The van der Waals surface area contributed by atoms with Crippen LogP contribution < -0.4 is 5.32 Å². The summed E-state index contributed by atoms with van der Waals surface area (Å²) in [7, 11) is 0. The molecule has 2 atom stereocenters. The van der Waals surface area contributed by atoms with Gasteiger partial charge in [0.25, 0.3) is 0 Å². The van der Waals surface area contributed by atoms with Crippen molar-refractivity contribution in [3.63, 3.8) is 0 Å². The van der Waals surface area contributed by atoms with Crippen LogP contribution in [0.25, 0.3) is 0 Å². The molecule has 2 unspecified atom stereocenters. The van der Waals surface area contributed by atoms with Crippen molar-refractivity contribution in [1.82, 2.24) is 5.32 Å². The van der Waals surface area contributed by atoms with Gasteiger partial charge in [0.2, 0.25) is 5.91 Å². The highest BCUT2D eigenvalue weighted by molar-refractivity contribution is 8.00. The number of hydrogen-bond donors (Lipinski definition) is 2. The van der Waals surface area contributed by atoms with E-state index in [9.17, 15) is 4.79 Å². The topological polar surface area (TPSA) is 49.3 Å². The number of aryl methyl sites for hydroxylation is 1. The van der Waals surface area contributed by atoms with Crippen molar-refractivity contribution < 1.29 is 9.90 Å². The van der Waals surface area contributed by atoms with Gasteiger partial charge in [0.15, 0.2) is 0 Å². The average Bonchev–Trinajstić information content (AvgIpc) is 2.65. The molecule has 0 radical (unpaired) electrons. The van der Waals surface area contributed by atoms with E-state index < -0.39 is 0 Å². The van der Waals surface area contributed by atoms with Gasteiger partial charge in [-0.2, -0.15) is 0 Å². The number of nitrogens with one attached hydrogen (secondary N) is 1. The Balaban J connectivity index is 1.76. The maximum absolute atomic E-state index is 12.9. The molecule has 1 heterocycles. The van der Waals surface area contributed by atoms with Crippen LogP contribution in [0.15, 0.2) is 54.6 Å². The van der Waals surface area contributed by atoms with E-state index in [-0.39, 0.29) is 23.8 Å². The third kappa shape index (κ3) is 4.00. The summed E-state index contributed by atoms with van der Waals surface area (Å²) >= 11 is 1.71. The van der Waals surface area contributed by atoms with Crippen molar-refractivity contribution in [1.29, 1.82) is 0 Å². The average molecular weight is 341 g/mol. The van der Waals surface area contributed by atoms with E-state index in [0.29, 0.717) is 6.42 Å². The fourth-order valence-corrected chi connectivity index (χ4v) is 4.36. The van der Waals surface area contributed by atoms with Crippen LogP contribution in [0.3, 0.4) is 0 Å². The molecule has 0 aromatic heterocycles. The number of carbonyl (C=O) groups excluding carboxylic acids is 1. The molecule has 1 amide bonds. The maximum Gasteiger partial charge on any atom is 0.238 e. The second-order valence-corrected chi connectivity index (χ2v) is 7.25. The molecule has 0 aliphatic carbocycles. The highest BCUT2D eigenvalue weighted by Crippen LogP contribution is 2.37. The van der Waals surface area contributed by atoms with Crippen molar-refractivity contribution in [2.45, 2.75) is 30.6 Å². The maximum atomic E-state index is 12.9. The summed E-state index contributed by atoms with van der Waals surface area (Å²) in [6, 6.07) is 18.2. The molecule has 2 aromatic rings. The van der Waals surface area contributed by atoms with E-state index in [1.54, 1.807) is 11.8 Å². The second-order valence-electron chi connectivity index (χ2n) is 6.04. The first-order valence-electron chi connectivity index (χ1n) is 8.45. The van der Waals surface area contributed by atoms with Gasteiger partial charge >= 0.3 is 0 Å². The molecule has 3 rings (SSSR count). The monoisotopic (exact) mass is 341 g/mol. The predicted octanol–water partition coefficient (Wildman–Crippen LogP) is 3.65. The molecular formula is C20H23NO2S. The summed E-state index contributed by atoms with van der Waals surface area (Å²) in [5, 5.41) is 12.2. The second kappa shape index (κ2) is 8.36. The molecule has 0 saturated carbocycles. The van der Waals surface area contributed by atoms with Crippen molar-refractivity contribution in [2.24, 2.45) is 0 Å². The van der Waals surface area contributed by atoms with Crippen LogP contribution in [-0.2, 0) is 11.2 Å². The van der Waals surface area contributed by atoms with Crippen molar-refractivity contribution in [2.75, 3.05) is 12.4 Å². The highest BCUT2D eigenvalue weighted by atomic mass is 32.2. The Morgan fingerprint density at radius 3 is 2.71 bits per heavy atom. The van der Waals surface area contributed by atoms with E-state index in [1.165, 1.54) is 5.56 Å². The van der Waals surface area contributed by atoms with Crippen LogP contribution in [0.1, 0.15) is 40.8 Å². The number of aliphatic hydroxyl groups is 1. The van der Waals surface area contributed by atoms with Gasteiger partial charge in [0.05, 0.1) is 6.04 Å². The number of hydrogen-bond acceptors (Lipinski definition) is 3. The van der Waals surface area contributed by atoms with Crippen molar-refractivity contribution in [3.05, 3.63) is 71.3 Å². The quantitative estimate of drug-likeness (QED) is 0.843. The lowest BCUT2D eigenvalue weighted by Gasteiger charge is -2.27. The van der Waals surface area contributed by atoms with Gasteiger partial charge < -0.3 is 10.4 Å². The van der Waals surface area contributed by atoms with Crippen LogP contribution in [0.2, 0.25) is 0 Å². The number of benzene rings is 2. The molecule has 126 valence electrons. The molecule has 0 bridgehead atoms. The standard InChI is InChI=1S/C20H23NO2S/c22-13-6-11-18(16-8-2-1-3-9-16)21-20(23)19-17-10-5-4-7-15(17)12-14-24-19/h1-5,7-10,18-19,22H,6,11-14H2,(H,21,23). The Labute approximate surface area is 147 Å². The molecule has 0 saturated heterocycles. The Kier molecular flexibility index (Phi) is 5.94. The van der Waals surface area contributed by atoms with Crippen LogP contribution >= 0.6 is 11.8 Å². The molecular weight excluding hydrogens is 318 g/mol. The summed E-state index contributed by atoms with van der Waals surface area (Å²) in [6.07, 6.45) is 2.44. The van der Waals surface area contributed by atoms with Gasteiger partial charge in [-0.15, -0.1) is 11.8 Å². The van der Waals surface area contributed by atoms with Gasteiger partial charge in [0.1, 0.15) is 5.25 Å². The van der Waals surface area contributed by atoms with Crippen LogP contribution in [0.5, 0.6) is 0 Å². The Bertz CT molecular complexity index is 674. The number of carbonyl (C=O) groups is 1. The number of aliphatic hydroxyl groups excluding tert-OH is 1. The molecule has 0 spiro atoms. The third-order valence-electron chi connectivity index (χ3n) is 4.40. The van der Waals surface area contributed by atoms with Crippen molar-refractivity contribution in [3.8, 4) is 0 Å². The number of thioether (sulfide) groups is 1. The van der Waals surface area contributed by atoms with Gasteiger partial charge in [-0.25, -0.2) is 0 Å². The normalized spacial score (nSPS) is 17.8. The highest BCUT2D eigenvalue weighted by Gasteiger charge is 2.28. The lowest BCUT2D eigenvalue weighted by atomic mass is 9.99. The molecule has 1 aliphatic rings. The minimum atomic E-state index is -0.143. The molecule has 2 aromatic carbocycles. The fraction of sp³-hybridized carbons (Fsp3) is 0.350. The van der Waals surface area contributed by atoms with E-state index >= 15 is 0 Å². The lowest BCUT2D eigenvalue weighted by Crippen LogP contribution is -2.33. The van der Waals surface area contributed by atoms with Crippen molar-refractivity contribution >= 4 is 17.7 Å². The summed E-state index contributed by atoms with van der Waals surface area (Å²) < 4.78 is 0. The van der Waals surface area contributed by atoms with E-state index in [4.69, 9.17) is 5.11 Å². The Morgan fingerprint density at radius 1 is 1.17 bits per heavy atom. The first-order chi connectivity index (χ1) is 11.8. The number of rotatable bonds is 6. The summed E-state index contributed by atoms with van der Waals surface area (Å²) in [5.74, 6) is 1.04. The predicted molar refractivity (Wildman–Crippen MR) is 99.0 cm³/mol. The minimum absolute atomic E-state index is 0.0551. The van der Waals surface area contributed by atoms with Gasteiger partial charge in [-0.05, 0) is 41.7 Å². The van der Waals surface area contributed by atoms with Gasteiger partial charge in [-0.3, -0.25) is 4.79 Å². The SMILES string of the molecule is O=C(NC(CCCO)c1ccccc1)C1SCCc2ccccc21. The number of amides is 1. The zero-order valence-corrected chi connectivity index (χ0v) is 14.5. The van der Waals surface area contributed by atoms with Crippen LogP contribution in [0.4, 0.5) is 0 Å². The molecule has 2 N–H and O–H groups in total. The fourth-order valence-electron chi connectivity index (χ4n) is 3.16. The molecule has 4 heteroatoms. The summed E-state index contributed by atoms with van der Waals surface area (Å²) in [5.41, 5.74) is 3.51. The molecule has 1 aliphatic heterocycles. The van der Waals surface area contributed by atoms with Gasteiger partial charge in [-0.1, -0.05) is 54.6 Å². The van der Waals surface area contributed by atoms with Crippen LogP contribution in [-0.4, -0.2) is 23.4 Å². The largest absolute Gasteiger partial charge is 0.396 e. The van der Waals surface area contributed by atoms with E-state index in [0.717, 1.165) is 29.7 Å². The van der Waals surface area contributed by atoms with E-state index in [1.807, 2.05) is 42.5 Å². The lowest BCUT2D eigenvalue weighted by molar-refractivity contribution is -0.121. The van der Waals surface area contributed by atoms with E-state index in [2.05, 4.69) is 17.4 Å². The zero-order valence-electron chi connectivity index (χ0n) is 13.7. The Morgan fingerprint density at radius 2 is 1.92 bits per heavy atom.